The zero-order valence-corrected chi connectivity index (χ0v) is 13.9. The zero-order valence-electron chi connectivity index (χ0n) is 13.9. The van der Waals surface area contributed by atoms with Gasteiger partial charge in [0.15, 0.2) is 6.10 Å². The number of benzene rings is 3. The minimum atomic E-state index is -0.828. The molecule has 3 aromatic rings. The number of hydrogen-bond acceptors (Lipinski definition) is 3. The van der Waals surface area contributed by atoms with Gasteiger partial charge in [-0.2, -0.15) is 0 Å². The number of likely N-dealkylation sites (N-methyl/N-ethyl adjacent to an activating group) is 1. The van der Waals surface area contributed by atoms with Gasteiger partial charge in [0.05, 0.1) is 5.56 Å². The second-order valence-electron chi connectivity index (χ2n) is 5.97. The highest BCUT2D eigenvalue weighted by Crippen LogP contribution is 2.29. The van der Waals surface area contributed by atoms with E-state index in [9.17, 15) is 9.59 Å². The van der Waals surface area contributed by atoms with Gasteiger partial charge >= 0.3 is 5.97 Å². The topological polar surface area (TPSA) is 46.6 Å². The number of carbonyl (C=O) groups excluding carboxylic acids is 2. The molecule has 122 valence electrons. The predicted octanol–water partition coefficient (Wildman–Crippen LogP) is 3.63. The summed E-state index contributed by atoms with van der Waals surface area (Å²) < 4.78 is 5.45. The Labute approximate surface area is 140 Å². The monoisotopic (exact) mass is 321 g/mol. The van der Waals surface area contributed by atoms with Crippen LogP contribution in [0.15, 0.2) is 54.6 Å². The number of amides is 1. The number of esters is 1. The highest BCUT2D eigenvalue weighted by Gasteiger charge is 2.23. The summed E-state index contributed by atoms with van der Waals surface area (Å²) >= 11 is 0. The van der Waals surface area contributed by atoms with Gasteiger partial charge in [0, 0.05) is 14.1 Å². The smallest absolute Gasteiger partial charge is 0.340 e. The van der Waals surface area contributed by atoms with E-state index in [4.69, 9.17) is 4.74 Å². The van der Waals surface area contributed by atoms with E-state index in [-0.39, 0.29) is 5.91 Å². The average Bonchev–Trinajstić information content (AvgIpc) is 2.58. The van der Waals surface area contributed by atoms with Crippen LogP contribution in [0.4, 0.5) is 0 Å². The summed E-state index contributed by atoms with van der Waals surface area (Å²) in [6.45, 7) is 1.59. The van der Waals surface area contributed by atoms with Gasteiger partial charge in [0.2, 0.25) is 0 Å². The molecule has 0 unspecified atom stereocenters. The maximum Gasteiger partial charge on any atom is 0.340 e. The molecule has 0 spiro atoms. The number of carbonyl (C=O) groups is 2. The molecule has 3 rings (SSSR count). The molecule has 3 aromatic carbocycles. The fraction of sp³-hybridized carbons (Fsp3) is 0.200. The Hall–Kier alpha value is -2.88. The third kappa shape index (κ3) is 2.83. The van der Waals surface area contributed by atoms with Gasteiger partial charge in [0.1, 0.15) is 0 Å². The van der Waals surface area contributed by atoms with E-state index in [0.29, 0.717) is 5.56 Å². The van der Waals surface area contributed by atoms with Gasteiger partial charge in [0.25, 0.3) is 5.91 Å². The van der Waals surface area contributed by atoms with Crippen molar-refractivity contribution in [1.29, 1.82) is 0 Å². The van der Waals surface area contributed by atoms with Gasteiger partial charge in [-0.1, -0.05) is 48.5 Å². The maximum absolute atomic E-state index is 12.8. The van der Waals surface area contributed by atoms with Crippen molar-refractivity contribution in [3.8, 4) is 0 Å². The number of hydrogen-bond donors (Lipinski definition) is 0. The normalized spacial score (nSPS) is 12.1. The number of ether oxygens (including phenoxy) is 1. The molecule has 0 saturated heterocycles. The van der Waals surface area contributed by atoms with Crippen molar-refractivity contribution < 1.29 is 14.3 Å². The number of fused-ring (bicyclic) bond motifs is 2. The van der Waals surface area contributed by atoms with Crippen LogP contribution in [0.1, 0.15) is 17.3 Å². The lowest BCUT2D eigenvalue weighted by Gasteiger charge is -2.18. The molecular weight excluding hydrogens is 302 g/mol. The molecule has 0 fully saturated rings. The molecule has 4 heteroatoms. The van der Waals surface area contributed by atoms with Crippen LogP contribution in [0, 0.1) is 0 Å². The van der Waals surface area contributed by atoms with Crippen molar-refractivity contribution in [2.45, 2.75) is 13.0 Å². The summed E-state index contributed by atoms with van der Waals surface area (Å²) in [6, 6.07) is 17.4. The largest absolute Gasteiger partial charge is 0.449 e. The molecular formula is C20H19NO3. The van der Waals surface area contributed by atoms with Crippen LogP contribution >= 0.6 is 0 Å². The van der Waals surface area contributed by atoms with Crippen molar-refractivity contribution in [3.05, 3.63) is 60.2 Å². The molecule has 0 heterocycles. The standard InChI is InChI=1S/C20H19NO3/c1-13(19(22)21(2)3)24-20(23)18-16-10-6-4-8-14(16)12-15-9-5-7-11-17(15)18/h4-13H,1-3H3/t13-/m1/s1. The Kier molecular flexibility index (Phi) is 4.21. The Morgan fingerprint density at radius 3 is 1.92 bits per heavy atom. The molecule has 0 saturated carbocycles. The lowest BCUT2D eigenvalue weighted by atomic mass is 9.97. The van der Waals surface area contributed by atoms with E-state index in [1.807, 2.05) is 48.5 Å². The second kappa shape index (κ2) is 6.32. The summed E-state index contributed by atoms with van der Waals surface area (Å²) in [5, 5.41) is 3.58. The first-order valence-electron chi connectivity index (χ1n) is 7.81. The van der Waals surface area contributed by atoms with Gasteiger partial charge in [-0.25, -0.2) is 4.79 Å². The summed E-state index contributed by atoms with van der Waals surface area (Å²) in [5.74, 6) is -0.724. The van der Waals surface area contributed by atoms with E-state index >= 15 is 0 Å². The number of rotatable bonds is 3. The van der Waals surface area contributed by atoms with Crippen LogP contribution in [0.25, 0.3) is 21.5 Å². The van der Waals surface area contributed by atoms with Crippen molar-refractivity contribution in [1.82, 2.24) is 4.90 Å². The van der Waals surface area contributed by atoms with Gasteiger partial charge in [-0.3, -0.25) is 4.79 Å². The van der Waals surface area contributed by atoms with Crippen LogP contribution in [-0.4, -0.2) is 37.0 Å². The molecule has 0 aliphatic rings. The fourth-order valence-corrected chi connectivity index (χ4v) is 2.87. The first kappa shape index (κ1) is 16.0. The third-order valence-electron chi connectivity index (χ3n) is 4.05. The SMILES string of the molecule is C[C@@H](OC(=O)c1c2ccccc2cc2ccccc12)C(=O)N(C)C. The maximum atomic E-state index is 12.8. The second-order valence-corrected chi connectivity index (χ2v) is 5.97. The molecule has 1 atom stereocenters. The minimum absolute atomic E-state index is 0.243. The quantitative estimate of drug-likeness (QED) is 0.547. The van der Waals surface area contributed by atoms with Crippen molar-refractivity contribution >= 4 is 33.4 Å². The lowest BCUT2D eigenvalue weighted by Crippen LogP contribution is -2.35. The van der Waals surface area contributed by atoms with Gasteiger partial charge in [-0.05, 0) is 34.5 Å². The molecule has 0 N–H and O–H groups in total. The van der Waals surface area contributed by atoms with E-state index in [0.717, 1.165) is 21.5 Å². The van der Waals surface area contributed by atoms with Crippen LogP contribution in [0.5, 0.6) is 0 Å². The first-order chi connectivity index (χ1) is 11.5. The molecule has 24 heavy (non-hydrogen) atoms. The molecule has 0 bridgehead atoms. The van der Waals surface area contributed by atoms with Crippen LogP contribution in [0.3, 0.4) is 0 Å². The molecule has 0 aliphatic heterocycles. The zero-order chi connectivity index (χ0) is 17.3. The van der Waals surface area contributed by atoms with Crippen LogP contribution < -0.4 is 0 Å². The summed E-state index contributed by atoms with van der Waals surface area (Å²) in [7, 11) is 3.28. The first-order valence-corrected chi connectivity index (χ1v) is 7.81. The van der Waals surface area contributed by atoms with Crippen LogP contribution in [-0.2, 0) is 9.53 Å². The van der Waals surface area contributed by atoms with E-state index in [1.165, 1.54) is 4.90 Å². The minimum Gasteiger partial charge on any atom is -0.449 e. The molecule has 0 aliphatic carbocycles. The summed E-state index contributed by atoms with van der Waals surface area (Å²) in [4.78, 5) is 26.2. The number of nitrogens with zero attached hydrogens (tertiary/aromatic N) is 1. The Bertz CT molecular complexity index is 876. The lowest BCUT2D eigenvalue weighted by molar-refractivity contribution is -0.137. The summed E-state index contributed by atoms with van der Waals surface area (Å²) in [5.41, 5.74) is 0.502. The van der Waals surface area contributed by atoms with Crippen molar-refractivity contribution in [2.75, 3.05) is 14.1 Å². The van der Waals surface area contributed by atoms with Crippen molar-refractivity contribution in [2.24, 2.45) is 0 Å². The molecule has 0 radical (unpaired) electrons. The third-order valence-corrected chi connectivity index (χ3v) is 4.05. The summed E-state index contributed by atoms with van der Waals surface area (Å²) in [6.07, 6.45) is -0.828. The highest BCUT2D eigenvalue weighted by atomic mass is 16.5. The van der Waals surface area contributed by atoms with E-state index in [1.54, 1.807) is 21.0 Å². The van der Waals surface area contributed by atoms with E-state index < -0.39 is 12.1 Å². The fourth-order valence-electron chi connectivity index (χ4n) is 2.87. The molecule has 4 nitrogen and oxygen atoms in total. The van der Waals surface area contributed by atoms with Crippen molar-refractivity contribution in [3.63, 3.8) is 0 Å². The highest BCUT2D eigenvalue weighted by molar-refractivity contribution is 6.16. The Morgan fingerprint density at radius 2 is 1.42 bits per heavy atom. The average molecular weight is 321 g/mol. The van der Waals surface area contributed by atoms with Gasteiger partial charge < -0.3 is 9.64 Å². The predicted molar refractivity (Wildman–Crippen MR) is 95.0 cm³/mol. The Balaban J connectivity index is 2.12. The molecule has 0 aromatic heterocycles. The van der Waals surface area contributed by atoms with Gasteiger partial charge in [-0.15, -0.1) is 0 Å². The van der Waals surface area contributed by atoms with E-state index in [2.05, 4.69) is 6.07 Å². The van der Waals surface area contributed by atoms with Crippen LogP contribution in [0.2, 0.25) is 0 Å². The Morgan fingerprint density at radius 1 is 0.917 bits per heavy atom. The molecule has 1 amide bonds.